The molecule has 1 saturated heterocycles. The number of carbonyl (C=O) groups excluding carboxylic acids is 3. The number of nitrogen functional groups attached to an aromatic ring is 1. The van der Waals surface area contributed by atoms with Crippen LogP contribution in [-0.4, -0.2) is 94.4 Å². The Hall–Kier alpha value is -5.42. The maximum absolute atomic E-state index is 13.6. The number of benzene rings is 3. The summed E-state index contributed by atoms with van der Waals surface area (Å²) in [6, 6.07) is 20.0. The highest BCUT2D eigenvalue weighted by Crippen LogP contribution is 2.30. The van der Waals surface area contributed by atoms with Crippen LogP contribution in [0.5, 0.6) is 11.5 Å². The van der Waals surface area contributed by atoms with Crippen LogP contribution >= 0.6 is 0 Å². The molecule has 3 N–H and O–H groups in total. The highest BCUT2D eigenvalue weighted by Gasteiger charge is 2.28. The number of aromatic nitrogens is 3. The molecule has 0 aliphatic carbocycles. The van der Waals surface area contributed by atoms with E-state index < -0.39 is 0 Å². The molecule has 0 saturated carbocycles. The van der Waals surface area contributed by atoms with E-state index in [1.807, 2.05) is 50.2 Å². The average molecular weight is 620 g/mol. The fourth-order valence-electron chi connectivity index (χ4n) is 5.82. The van der Waals surface area contributed by atoms with Gasteiger partial charge in [0.05, 0.1) is 28.7 Å². The van der Waals surface area contributed by atoms with Gasteiger partial charge in [0.2, 0.25) is 5.78 Å². The monoisotopic (exact) mass is 619 g/mol. The summed E-state index contributed by atoms with van der Waals surface area (Å²) in [4.78, 5) is 48.1. The molecular formula is C35H37N7O4. The minimum atomic E-state index is -0.305. The third kappa shape index (κ3) is 5.72. The fraction of sp³-hybridized carbons (Fsp3) is 0.257. The number of nitrogens with zero attached hydrogens (tertiary/aromatic N) is 5. The minimum absolute atomic E-state index is 0.0103. The Balaban J connectivity index is 1.21. The van der Waals surface area contributed by atoms with Gasteiger partial charge in [-0.3, -0.25) is 14.4 Å². The molecule has 11 nitrogen and oxygen atoms in total. The molecule has 46 heavy (non-hydrogen) atoms. The Kier molecular flexibility index (Phi) is 8.09. The number of aromatic amines is 1. The number of H-pyrrole nitrogens is 1. The fourth-order valence-corrected chi connectivity index (χ4v) is 5.82. The molecule has 2 amide bonds. The molecule has 1 atom stereocenters. The van der Waals surface area contributed by atoms with Crippen molar-refractivity contribution in [1.82, 2.24) is 29.5 Å². The lowest BCUT2D eigenvalue weighted by Gasteiger charge is -2.20. The number of amides is 2. The van der Waals surface area contributed by atoms with Gasteiger partial charge >= 0.3 is 0 Å². The van der Waals surface area contributed by atoms with E-state index in [0.717, 1.165) is 29.4 Å². The Labute approximate surface area is 267 Å². The van der Waals surface area contributed by atoms with Gasteiger partial charge in [0.25, 0.3) is 11.8 Å². The normalized spacial score (nSPS) is 14.7. The molecule has 11 heteroatoms. The number of anilines is 1. The Morgan fingerprint density at radius 2 is 1.76 bits per heavy atom. The number of hydrogen-bond donors (Lipinski definition) is 2. The van der Waals surface area contributed by atoms with Gasteiger partial charge in [-0.25, -0.2) is 4.68 Å². The number of rotatable bonds is 8. The summed E-state index contributed by atoms with van der Waals surface area (Å²) in [7, 11) is 7.45. The van der Waals surface area contributed by atoms with Crippen molar-refractivity contribution < 1.29 is 19.1 Å². The minimum Gasteiger partial charge on any atom is -0.457 e. The van der Waals surface area contributed by atoms with Crippen molar-refractivity contribution in [2.45, 2.75) is 19.4 Å². The molecule has 5 aromatic rings. The third-order valence-electron chi connectivity index (χ3n) is 8.49. The van der Waals surface area contributed by atoms with E-state index >= 15 is 0 Å². The number of carbonyl (C=O) groups is 3. The molecule has 1 fully saturated rings. The highest BCUT2D eigenvalue weighted by molar-refractivity contribution is 6.13. The summed E-state index contributed by atoms with van der Waals surface area (Å²) in [5.41, 5.74) is 10.4. The quantitative estimate of drug-likeness (QED) is 0.240. The standard InChI is InChI=1S/C35H37N7O4/c1-21-16-25(46-31-9-7-6-8-26(31)35(45)40(4)5)11-13-30(21)42-33(36)27(19-37-42)32(43)29-18-23-17-22(10-12-28(23)38-29)34(44)41-15-14-24(20-41)39(2)3/h6-13,16-19,24,38H,14-15,20,36H2,1-5H3. The SMILES string of the molecule is Cc1cc(Oc2ccccc2C(=O)N(C)C)ccc1-n1ncc(C(=O)c2cc3cc(C(=O)N4CCC(N(C)C)C4)ccc3[nH]2)c1N. The summed E-state index contributed by atoms with van der Waals surface area (Å²) >= 11 is 0. The Morgan fingerprint density at radius 3 is 2.48 bits per heavy atom. The second-order valence-corrected chi connectivity index (χ2v) is 12.1. The number of fused-ring (bicyclic) bond motifs is 1. The van der Waals surface area contributed by atoms with Crippen LogP contribution in [0.3, 0.4) is 0 Å². The van der Waals surface area contributed by atoms with Crippen molar-refractivity contribution in [3.8, 4) is 17.2 Å². The van der Waals surface area contributed by atoms with Gasteiger partial charge in [-0.15, -0.1) is 0 Å². The molecule has 6 rings (SSSR count). The summed E-state index contributed by atoms with van der Waals surface area (Å²) in [6.07, 6.45) is 2.41. The number of hydrogen-bond acceptors (Lipinski definition) is 7. The summed E-state index contributed by atoms with van der Waals surface area (Å²) in [5, 5.41) is 5.20. The number of likely N-dealkylation sites (N-methyl/N-ethyl adjacent to an activating group) is 1. The van der Waals surface area contributed by atoms with E-state index in [0.29, 0.717) is 46.6 Å². The predicted octanol–water partition coefficient (Wildman–Crippen LogP) is 4.75. The zero-order chi connectivity index (χ0) is 32.7. The summed E-state index contributed by atoms with van der Waals surface area (Å²) in [5.74, 6) is 0.714. The van der Waals surface area contributed by atoms with Gasteiger partial charge in [0, 0.05) is 49.7 Å². The molecule has 0 bridgehead atoms. The predicted molar refractivity (Wildman–Crippen MR) is 177 cm³/mol. The lowest BCUT2D eigenvalue weighted by Crippen LogP contribution is -2.34. The highest BCUT2D eigenvalue weighted by atomic mass is 16.5. The molecule has 0 spiro atoms. The smallest absolute Gasteiger partial charge is 0.257 e. The second kappa shape index (κ2) is 12.2. The van der Waals surface area contributed by atoms with Crippen LogP contribution < -0.4 is 10.5 Å². The van der Waals surface area contributed by atoms with Crippen LogP contribution in [0, 0.1) is 6.92 Å². The van der Waals surface area contributed by atoms with Crippen molar-refractivity contribution in [3.63, 3.8) is 0 Å². The lowest BCUT2D eigenvalue weighted by molar-refractivity contribution is 0.0782. The van der Waals surface area contributed by atoms with E-state index in [4.69, 9.17) is 10.5 Å². The summed E-state index contributed by atoms with van der Waals surface area (Å²) in [6.45, 7) is 3.31. The van der Waals surface area contributed by atoms with Crippen LogP contribution in [0.4, 0.5) is 5.82 Å². The van der Waals surface area contributed by atoms with Crippen LogP contribution in [-0.2, 0) is 0 Å². The number of para-hydroxylation sites is 1. The number of aryl methyl sites for hydroxylation is 1. The molecule has 1 aliphatic heterocycles. The van der Waals surface area contributed by atoms with E-state index in [2.05, 4.69) is 15.0 Å². The van der Waals surface area contributed by atoms with E-state index in [1.54, 1.807) is 56.6 Å². The number of likely N-dealkylation sites (tertiary alicyclic amines) is 1. The van der Waals surface area contributed by atoms with Crippen molar-refractivity contribution in [2.24, 2.45) is 0 Å². The zero-order valence-electron chi connectivity index (χ0n) is 26.6. The Morgan fingerprint density at radius 1 is 0.978 bits per heavy atom. The van der Waals surface area contributed by atoms with Gasteiger partial charge in [0.15, 0.2) is 0 Å². The largest absolute Gasteiger partial charge is 0.457 e. The first-order valence-corrected chi connectivity index (χ1v) is 15.1. The molecule has 3 aromatic carbocycles. The molecular weight excluding hydrogens is 582 g/mol. The molecule has 0 radical (unpaired) electrons. The number of ketones is 1. The Bertz CT molecular complexity index is 1970. The first-order valence-electron chi connectivity index (χ1n) is 15.1. The molecule has 236 valence electrons. The van der Waals surface area contributed by atoms with Crippen molar-refractivity contribution in [3.05, 3.63) is 101 Å². The summed E-state index contributed by atoms with van der Waals surface area (Å²) < 4.78 is 7.61. The average Bonchev–Trinajstić information content (AvgIpc) is 3.79. The first-order chi connectivity index (χ1) is 22.0. The number of nitrogens with two attached hydrogens (primary N) is 1. The van der Waals surface area contributed by atoms with Gasteiger partial charge in [0.1, 0.15) is 17.3 Å². The van der Waals surface area contributed by atoms with Gasteiger partial charge < -0.3 is 30.2 Å². The van der Waals surface area contributed by atoms with Crippen molar-refractivity contribution in [2.75, 3.05) is 47.0 Å². The molecule has 1 unspecified atom stereocenters. The third-order valence-corrected chi connectivity index (χ3v) is 8.49. The maximum Gasteiger partial charge on any atom is 0.257 e. The van der Waals surface area contributed by atoms with Gasteiger partial charge in [-0.1, -0.05) is 12.1 Å². The maximum atomic E-state index is 13.6. The van der Waals surface area contributed by atoms with E-state index in [-0.39, 0.29) is 29.0 Å². The molecule has 1 aliphatic rings. The topological polar surface area (TPSA) is 130 Å². The molecule has 3 heterocycles. The van der Waals surface area contributed by atoms with Crippen LogP contribution in [0.15, 0.2) is 72.9 Å². The van der Waals surface area contributed by atoms with Crippen LogP contribution in [0.25, 0.3) is 16.6 Å². The van der Waals surface area contributed by atoms with Crippen molar-refractivity contribution in [1.29, 1.82) is 0 Å². The van der Waals surface area contributed by atoms with Crippen molar-refractivity contribution >= 4 is 34.3 Å². The second-order valence-electron chi connectivity index (χ2n) is 12.1. The van der Waals surface area contributed by atoms with Gasteiger partial charge in [-0.2, -0.15) is 5.10 Å². The van der Waals surface area contributed by atoms with E-state index in [1.165, 1.54) is 15.8 Å². The van der Waals surface area contributed by atoms with Crippen LogP contribution in [0.2, 0.25) is 0 Å². The molecule has 2 aromatic heterocycles. The number of nitrogens with one attached hydrogen (secondary N) is 1. The van der Waals surface area contributed by atoms with E-state index in [9.17, 15) is 14.4 Å². The van der Waals surface area contributed by atoms with Crippen LogP contribution in [0.1, 0.15) is 48.8 Å². The zero-order valence-corrected chi connectivity index (χ0v) is 26.6. The number of ether oxygens (including phenoxy) is 1. The first kappa shape index (κ1) is 30.6. The van der Waals surface area contributed by atoms with Gasteiger partial charge in [-0.05, 0) is 87.6 Å². The lowest BCUT2D eigenvalue weighted by atomic mass is 10.1.